The average Bonchev–Trinajstić information content (AvgIpc) is 3.14. The lowest BCUT2D eigenvalue weighted by atomic mass is 10.1. The topological polar surface area (TPSA) is 67.4 Å². The lowest BCUT2D eigenvalue weighted by Crippen LogP contribution is -2.31. The summed E-state index contributed by atoms with van der Waals surface area (Å²) in [6.07, 6.45) is 2.15. The van der Waals surface area contributed by atoms with E-state index in [1.807, 2.05) is 12.1 Å². The summed E-state index contributed by atoms with van der Waals surface area (Å²) in [6.45, 7) is 1.30. The summed E-state index contributed by atoms with van der Waals surface area (Å²) in [4.78, 5) is 24.4. The molecule has 6 heteroatoms. The van der Waals surface area contributed by atoms with Crippen molar-refractivity contribution in [3.63, 3.8) is 0 Å². The molecule has 3 rings (SSSR count). The third-order valence-electron chi connectivity index (χ3n) is 4.04. The maximum absolute atomic E-state index is 12.3. The Labute approximate surface area is 154 Å². The highest BCUT2D eigenvalue weighted by molar-refractivity contribution is 9.10. The fraction of sp³-hybridized carbons (Fsp3) is 0.263. The first-order valence-corrected chi connectivity index (χ1v) is 8.98. The smallest absolute Gasteiger partial charge is 0.256 e. The van der Waals surface area contributed by atoms with Crippen molar-refractivity contribution in [2.24, 2.45) is 0 Å². The van der Waals surface area contributed by atoms with Crippen LogP contribution in [0.25, 0.3) is 0 Å². The van der Waals surface area contributed by atoms with E-state index in [1.54, 1.807) is 36.4 Å². The highest BCUT2D eigenvalue weighted by atomic mass is 79.9. The van der Waals surface area contributed by atoms with Crippen molar-refractivity contribution < 1.29 is 14.3 Å². The van der Waals surface area contributed by atoms with Crippen LogP contribution < -0.4 is 10.6 Å². The van der Waals surface area contributed by atoms with Crippen LogP contribution in [0.15, 0.2) is 53.0 Å². The molecule has 1 aliphatic heterocycles. The third kappa shape index (κ3) is 4.67. The van der Waals surface area contributed by atoms with Crippen molar-refractivity contribution in [3.8, 4) is 0 Å². The number of rotatable bonds is 5. The minimum atomic E-state index is -0.206. The fourth-order valence-electron chi connectivity index (χ4n) is 2.66. The van der Waals surface area contributed by atoms with E-state index < -0.39 is 0 Å². The number of carbonyl (C=O) groups excluding carboxylic acids is 2. The number of hydrogen-bond donors (Lipinski definition) is 2. The van der Waals surface area contributed by atoms with Crippen LogP contribution in [0.2, 0.25) is 0 Å². The van der Waals surface area contributed by atoms with Crippen molar-refractivity contribution in [2.45, 2.75) is 18.9 Å². The number of amides is 2. The standard InChI is InChI=1S/C19H19BrN2O3/c20-17-6-2-1-5-16(17)19(24)22-14-9-7-13(8-10-14)18(23)21-12-15-4-3-11-25-15/h1-2,5-10,15H,3-4,11-12H2,(H,21,23)(H,22,24)/t15-/m1/s1. The van der Waals surface area contributed by atoms with Gasteiger partial charge in [-0.05, 0) is 65.2 Å². The summed E-state index contributed by atoms with van der Waals surface area (Å²) >= 11 is 3.36. The number of carbonyl (C=O) groups is 2. The Morgan fingerprint density at radius 2 is 1.84 bits per heavy atom. The largest absolute Gasteiger partial charge is 0.376 e. The zero-order chi connectivity index (χ0) is 17.6. The number of anilines is 1. The van der Waals surface area contributed by atoms with Gasteiger partial charge in [0.1, 0.15) is 0 Å². The van der Waals surface area contributed by atoms with Gasteiger partial charge in [-0.3, -0.25) is 9.59 Å². The number of benzene rings is 2. The van der Waals surface area contributed by atoms with E-state index in [1.165, 1.54) is 0 Å². The van der Waals surface area contributed by atoms with Crippen LogP contribution in [-0.2, 0) is 4.74 Å². The zero-order valence-electron chi connectivity index (χ0n) is 13.6. The summed E-state index contributed by atoms with van der Waals surface area (Å²) in [5.74, 6) is -0.345. The molecule has 0 aromatic heterocycles. The predicted molar refractivity (Wildman–Crippen MR) is 99.8 cm³/mol. The first-order valence-electron chi connectivity index (χ1n) is 8.19. The van der Waals surface area contributed by atoms with Gasteiger partial charge in [0.2, 0.25) is 0 Å². The lowest BCUT2D eigenvalue weighted by Gasteiger charge is -2.11. The SMILES string of the molecule is O=C(NC[C@H]1CCCO1)c1ccc(NC(=O)c2ccccc2Br)cc1. The van der Waals surface area contributed by atoms with Crippen molar-refractivity contribution in [1.82, 2.24) is 5.32 Å². The van der Waals surface area contributed by atoms with Gasteiger partial charge in [0, 0.05) is 28.9 Å². The van der Waals surface area contributed by atoms with Crippen LogP contribution in [0.3, 0.4) is 0 Å². The van der Waals surface area contributed by atoms with Gasteiger partial charge < -0.3 is 15.4 Å². The van der Waals surface area contributed by atoms with Crippen molar-refractivity contribution >= 4 is 33.4 Å². The van der Waals surface area contributed by atoms with Gasteiger partial charge in [0.25, 0.3) is 11.8 Å². The van der Waals surface area contributed by atoms with E-state index in [4.69, 9.17) is 4.74 Å². The molecule has 1 saturated heterocycles. The molecule has 0 bridgehead atoms. The van der Waals surface area contributed by atoms with Crippen LogP contribution in [0.5, 0.6) is 0 Å². The molecule has 0 unspecified atom stereocenters. The summed E-state index contributed by atoms with van der Waals surface area (Å²) in [7, 11) is 0. The highest BCUT2D eigenvalue weighted by Crippen LogP contribution is 2.18. The Morgan fingerprint density at radius 3 is 2.52 bits per heavy atom. The monoisotopic (exact) mass is 402 g/mol. The predicted octanol–water partition coefficient (Wildman–Crippen LogP) is 3.61. The molecule has 2 aromatic carbocycles. The van der Waals surface area contributed by atoms with E-state index in [0.29, 0.717) is 23.4 Å². The van der Waals surface area contributed by atoms with Gasteiger partial charge in [-0.25, -0.2) is 0 Å². The zero-order valence-corrected chi connectivity index (χ0v) is 15.2. The van der Waals surface area contributed by atoms with Crippen LogP contribution in [0, 0.1) is 0 Å². The van der Waals surface area contributed by atoms with Crippen LogP contribution in [0.4, 0.5) is 5.69 Å². The summed E-state index contributed by atoms with van der Waals surface area (Å²) in [5.41, 5.74) is 1.74. The van der Waals surface area contributed by atoms with Crippen molar-refractivity contribution in [1.29, 1.82) is 0 Å². The van der Waals surface area contributed by atoms with Gasteiger partial charge in [-0.1, -0.05) is 12.1 Å². The molecule has 0 spiro atoms. The molecule has 1 heterocycles. The van der Waals surface area contributed by atoms with Gasteiger partial charge in [0.15, 0.2) is 0 Å². The van der Waals surface area contributed by atoms with Gasteiger partial charge in [0.05, 0.1) is 11.7 Å². The van der Waals surface area contributed by atoms with Gasteiger partial charge >= 0.3 is 0 Å². The summed E-state index contributed by atoms with van der Waals surface area (Å²) < 4.78 is 6.22. The molecule has 0 aliphatic carbocycles. The van der Waals surface area contributed by atoms with E-state index >= 15 is 0 Å². The van der Waals surface area contributed by atoms with Crippen molar-refractivity contribution in [2.75, 3.05) is 18.5 Å². The van der Waals surface area contributed by atoms with Crippen LogP contribution in [-0.4, -0.2) is 31.1 Å². The molecule has 1 aliphatic rings. The number of halogens is 1. The van der Waals surface area contributed by atoms with Crippen LogP contribution in [0.1, 0.15) is 33.6 Å². The van der Waals surface area contributed by atoms with E-state index in [2.05, 4.69) is 26.6 Å². The average molecular weight is 403 g/mol. The Bertz CT molecular complexity index is 756. The minimum absolute atomic E-state index is 0.117. The highest BCUT2D eigenvalue weighted by Gasteiger charge is 2.16. The van der Waals surface area contributed by atoms with E-state index in [-0.39, 0.29) is 17.9 Å². The number of hydrogen-bond acceptors (Lipinski definition) is 3. The Kier molecular flexibility index (Phi) is 5.83. The van der Waals surface area contributed by atoms with E-state index in [0.717, 1.165) is 23.9 Å². The maximum atomic E-state index is 12.3. The van der Waals surface area contributed by atoms with Gasteiger partial charge in [-0.2, -0.15) is 0 Å². The molecule has 1 fully saturated rings. The molecule has 0 saturated carbocycles. The molecular formula is C19H19BrN2O3. The molecule has 130 valence electrons. The van der Waals surface area contributed by atoms with Crippen molar-refractivity contribution in [3.05, 3.63) is 64.1 Å². The lowest BCUT2D eigenvalue weighted by molar-refractivity contribution is 0.0857. The molecule has 0 radical (unpaired) electrons. The Balaban J connectivity index is 1.57. The molecule has 25 heavy (non-hydrogen) atoms. The fourth-order valence-corrected chi connectivity index (χ4v) is 3.13. The van der Waals surface area contributed by atoms with Gasteiger partial charge in [-0.15, -0.1) is 0 Å². The first kappa shape index (κ1) is 17.6. The quantitative estimate of drug-likeness (QED) is 0.802. The maximum Gasteiger partial charge on any atom is 0.256 e. The summed E-state index contributed by atoms with van der Waals surface area (Å²) in [6, 6.07) is 14.0. The molecular weight excluding hydrogens is 384 g/mol. The summed E-state index contributed by atoms with van der Waals surface area (Å²) in [5, 5.41) is 5.70. The normalized spacial score (nSPS) is 16.4. The molecule has 2 aromatic rings. The second kappa shape index (κ2) is 8.27. The molecule has 2 N–H and O–H groups in total. The second-order valence-corrected chi connectivity index (χ2v) is 6.71. The Hall–Kier alpha value is -2.18. The second-order valence-electron chi connectivity index (χ2n) is 5.86. The third-order valence-corrected chi connectivity index (χ3v) is 4.73. The molecule has 2 amide bonds. The number of nitrogens with one attached hydrogen (secondary N) is 2. The first-order chi connectivity index (χ1) is 12.1. The Morgan fingerprint density at radius 1 is 1.08 bits per heavy atom. The number of ether oxygens (including phenoxy) is 1. The van der Waals surface area contributed by atoms with Crippen LogP contribution >= 0.6 is 15.9 Å². The molecule has 5 nitrogen and oxygen atoms in total. The minimum Gasteiger partial charge on any atom is -0.376 e. The van der Waals surface area contributed by atoms with E-state index in [9.17, 15) is 9.59 Å². The molecule has 1 atom stereocenters.